The van der Waals surface area contributed by atoms with Crippen molar-refractivity contribution in [2.24, 2.45) is 10.9 Å². The number of hydrogen-bond donors (Lipinski definition) is 2. The summed E-state index contributed by atoms with van der Waals surface area (Å²) in [5.41, 5.74) is 0. The first-order valence-electron chi connectivity index (χ1n) is 7.88. The van der Waals surface area contributed by atoms with Crippen LogP contribution in [0.15, 0.2) is 4.99 Å². The van der Waals surface area contributed by atoms with E-state index in [1.807, 2.05) is 7.05 Å². The second kappa shape index (κ2) is 9.45. The van der Waals surface area contributed by atoms with E-state index >= 15 is 0 Å². The number of thioether (sulfide) groups is 1. The molecule has 2 N–H and O–H groups in total. The van der Waals surface area contributed by atoms with Crippen LogP contribution in [0.1, 0.15) is 32.6 Å². The third kappa shape index (κ3) is 6.52. The SMILES string of the molecule is CN=C(NCC1CCCN(C)C1)NCC1(C)CCCS1.I. The van der Waals surface area contributed by atoms with Crippen molar-refractivity contribution < 1.29 is 0 Å². The molecule has 21 heavy (non-hydrogen) atoms. The molecule has 0 bridgehead atoms. The number of aliphatic imine (C=N–C) groups is 1. The second-order valence-electron chi connectivity index (χ2n) is 6.48. The third-order valence-electron chi connectivity index (χ3n) is 4.43. The first-order chi connectivity index (χ1) is 9.61. The molecule has 124 valence electrons. The van der Waals surface area contributed by atoms with E-state index in [0.717, 1.165) is 25.0 Å². The standard InChI is InChI=1S/C15H30N4S.HI/c1-15(7-5-9-20-15)12-18-14(16-2)17-10-13-6-4-8-19(3)11-13;/h13H,4-12H2,1-3H3,(H2,16,17,18);1H. The Morgan fingerprint density at radius 1 is 1.38 bits per heavy atom. The Balaban J connectivity index is 0.00000220. The molecule has 0 saturated carbocycles. The van der Waals surface area contributed by atoms with Gasteiger partial charge in [-0.05, 0) is 57.9 Å². The van der Waals surface area contributed by atoms with Gasteiger partial charge >= 0.3 is 0 Å². The molecule has 4 nitrogen and oxygen atoms in total. The molecule has 6 heteroatoms. The lowest BCUT2D eigenvalue weighted by Gasteiger charge is -2.30. The van der Waals surface area contributed by atoms with Gasteiger partial charge in [0.2, 0.25) is 0 Å². The number of guanidine groups is 1. The summed E-state index contributed by atoms with van der Waals surface area (Å²) < 4.78 is 0.392. The number of halogens is 1. The summed E-state index contributed by atoms with van der Waals surface area (Å²) in [6, 6.07) is 0. The zero-order valence-corrected chi connectivity index (χ0v) is 16.8. The maximum absolute atomic E-state index is 4.36. The van der Waals surface area contributed by atoms with Crippen LogP contribution in [0, 0.1) is 5.92 Å². The van der Waals surface area contributed by atoms with Gasteiger partial charge in [0.15, 0.2) is 5.96 Å². The summed E-state index contributed by atoms with van der Waals surface area (Å²) in [6.07, 6.45) is 5.32. The Morgan fingerprint density at radius 2 is 2.19 bits per heavy atom. The number of nitrogens with one attached hydrogen (secondary N) is 2. The molecule has 2 unspecified atom stereocenters. The summed E-state index contributed by atoms with van der Waals surface area (Å²) in [4.78, 5) is 6.79. The molecule has 0 aromatic heterocycles. The molecule has 2 heterocycles. The minimum absolute atomic E-state index is 0. The van der Waals surface area contributed by atoms with E-state index in [1.54, 1.807) is 0 Å². The molecule has 2 atom stereocenters. The highest BCUT2D eigenvalue weighted by molar-refractivity contribution is 14.0. The Bertz CT molecular complexity index is 332. The Hall–Kier alpha value is 0.310. The van der Waals surface area contributed by atoms with E-state index in [2.05, 4.69) is 46.3 Å². The van der Waals surface area contributed by atoms with Crippen molar-refractivity contribution in [3.05, 3.63) is 0 Å². The zero-order valence-electron chi connectivity index (χ0n) is 13.7. The Morgan fingerprint density at radius 3 is 2.81 bits per heavy atom. The normalized spacial score (nSPS) is 30.8. The van der Waals surface area contributed by atoms with Crippen LogP contribution in [-0.4, -0.2) is 61.6 Å². The molecule has 0 spiro atoms. The predicted octanol–water partition coefficient (Wildman–Crippen LogP) is 2.40. The fourth-order valence-electron chi connectivity index (χ4n) is 3.15. The van der Waals surface area contributed by atoms with Crippen molar-refractivity contribution in [2.75, 3.05) is 46.0 Å². The number of hydrogen-bond acceptors (Lipinski definition) is 3. The smallest absolute Gasteiger partial charge is 0.191 e. The van der Waals surface area contributed by atoms with Crippen molar-refractivity contribution >= 4 is 41.7 Å². The quantitative estimate of drug-likeness (QED) is 0.412. The van der Waals surface area contributed by atoms with Gasteiger partial charge in [-0.25, -0.2) is 0 Å². The fraction of sp³-hybridized carbons (Fsp3) is 0.933. The topological polar surface area (TPSA) is 39.7 Å². The molecule has 0 aromatic rings. The lowest BCUT2D eigenvalue weighted by Crippen LogP contribution is -2.46. The van der Waals surface area contributed by atoms with E-state index in [9.17, 15) is 0 Å². The van der Waals surface area contributed by atoms with Gasteiger partial charge in [-0.2, -0.15) is 11.8 Å². The van der Waals surface area contributed by atoms with E-state index in [-0.39, 0.29) is 24.0 Å². The summed E-state index contributed by atoms with van der Waals surface area (Å²) in [7, 11) is 4.09. The van der Waals surface area contributed by atoms with Gasteiger partial charge in [-0.1, -0.05) is 0 Å². The minimum Gasteiger partial charge on any atom is -0.356 e. The van der Waals surface area contributed by atoms with E-state index in [0.29, 0.717) is 4.75 Å². The van der Waals surface area contributed by atoms with E-state index < -0.39 is 0 Å². The van der Waals surface area contributed by atoms with Crippen molar-refractivity contribution in [3.8, 4) is 0 Å². The van der Waals surface area contributed by atoms with Crippen LogP contribution in [0.3, 0.4) is 0 Å². The average molecular weight is 426 g/mol. The lowest BCUT2D eigenvalue weighted by atomic mass is 9.98. The van der Waals surface area contributed by atoms with Crippen LogP contribution in [0.5, 0.6) is 0 Å². The first-order valence-corrected chi connectivity index (χ1v) is 8.87. The lowest BCUT2D eigenvalue weighted by molar-refractivity contribution is 0.210. The third-order valence-corrected chi connectivity index (χ3v) is 5.97. The van der Waals surface area contributed by atoms with Crippen LogP contribution in [-0.2, 0) is 0 Å². The largest absolute Gasteiger partial charge is 0.356 e. The molecule has 2 saturated heterocycles. The van der Waals surface area contributed by atoms with Gasteiger partial charge in [-0.15, -0.1) is 24.0 Å². The highest BCUT2D eigenvalue weighted by Crippen LogP contribution is 2.36. The fourth-order valence-corrected chi connectivity index (χ4v) is 4.39. The Labute approximate surface area is 151 Å². The van der Waals surface area contributed by atoms with Gasteiger partial charge in [0.05, 0.1) is 0 Å². The number of likely N-dealkylation sites (tertiary alicyclic amines) is 1. The molecule has 2 aliphatic rings. The van der Waals surface area contributed by atoms with Crippen LogP contribution >= 0.6 is 35.7 Å². The molecule has 2 aliphatic heterocycles. The zero-order chi connectivity index (χ0) is 14.4. The monoisotopic (exact) mass is 426 g/mol. The maximum Gasteiger partial charge on any atom is 0.191 e. The molecular formula is C15H31IN4S. The summed E-state index contributed by atoms with van der Waals surface area (Å²) in [5.74, 6) is 3.02. The Kier molecular flexibility index (Phi) is 8.71. The molecule has 2 rings (SSSR count). The summed E-state index contributed by atoms with van der Waals surface area (Å²) in [5, 5.41) is 7.01. The molecule has 0 radical (unpaired) electrons. The number of piperidine rings is 1. The summed E-state index contributed by atoms with van der Waals surface area (Å²) >= 11 is 2.09. The molecule has 0 aromatic carbocycles. The highest BCUT2D eigenvalue weighted by Gasteiger charge is 2.29. The van der Waals surface area contributed by atoms with Gasteiger partial charge < -0.3 is 15.5 Å². The van der Waals surface area contributed by atoms with Crippen LogP contribution in [0.2, 0.25) is 0 Å². The minimum atomic E-state index is 0. The molecular weight excluding hydrogens is 395 g/mol. The van der Waals surface area contributed by atoms with Crippen molar-refractivity contribution in [3.63, 3.8) is 0 Å². The molecule has 2 fully saturated rings. The average Bonchev–Trinajstić information content (AvgIpc) is 2.86. The molecule has 0 amide bonds. The van der Waals surface area contributed by atoms with Gasteiger partial charge in [0.25, 0.3) is 0 Å². The van der Waals surface area contributed by atoms with Gasteiger partial charge in [-0.3, -0.25) is 4.99 Å². The van der Waals surface area contributed by atoms with E-state index in [4.69, 9.17) is 0 Å². The first kappa shape index (κ1) is 19.4. The number of nitrogens with zero attached hydrogens (tertiary/aromatic N) is 2. The van der Waals surface area contributed by atoms with Crippen LogP contribution in [0.4, 0.5) is 0 Å². The van der Waals surface area contributed by atoms with E-state index in [1.165, 1.54) is 44.5 Å². The second-order valence-corrected chi connectivity index (χ2v) is 8.16. The predicted molar refractivity (Wildman–Crippen MR) is 105 cm³/mol. The van der Waals surface area contributed by atoms with Gasteiger partial charge in [0, 0.05) is 31.4 Å². The van der Waals surface area contributed by atoms with Gasteiger partial charge in [0.1, 0.15) is 0 Å². The van der Waals surface area contributed by atoms with Crippen molar-refractivity contribution in [2.45, 2.75) is 37.4 Å². The number of rotatable bonds is 4. The molecule has 0 aliphatic carbocycles. The van der Waals surface area contributed by atoms with Crippen LogP contribution < -0.4 is 10.6 Å². The van der Waals surface area contributed by atoms with Crippen LogP contribution in [0.25, 0.3) is 0 Å². The highest BCUT2D eigenvalue weighted by atomic mass is 127. The summed E-state index contributed by atoms with van der Waals surface area (Å²) in [6.45, 7) is 6.87. The van der Waals surface area contributed by atoms with Crippen molar-refractivity contribution in [1.29, 1.82) is 0 Å². The van der Waals surface area contributed by atoms with Crippen molar-refractivity contribution in [1.82, 2.24) is 15.5 Å². The maximum atomic E-state index is 4.36.